The van der Waals surface area contributed by atoms with Crippen LogP contribution in [0.4, 0.5) is 0 Å². The second kappa shape index (κ2) is 14.1. The Morgan fingerprint density at radius 1 is 1.00 bits per heavy atom. The molecule has 2 aromatic rings. The second-order valence-electron chi connectivity index (χ2n) is 6.43. The number of guanidine groups is 1. The van der Waals surface area contributed by atoms with E-state index in [1.165, 1.54) is 0 Å². The summed E-state index contributed by atoms with van der Waals surface area (Å²) in [6, 6.07) is 15.9. The van der Waals surface area contributed by atoms with Crippen LogP contribution in [0.15, 0.2) is 53.5 Å². The van der Waals surface area contributed by atoms with Gasteiger partial charge in [0.15, 0.2) is 5.96 Å². The molecule has 0 fully saturated rings. The van der Waals surface area contributed by atoms with Crippen molar-refractivity contribution in [2.24, 2.45) is 4.99 Å². The molecule has 6 nitrogen and oxygen atoms in total. The van der Waals surface area contributed by atoms with Crippen LogP contribution in [0.3, 0.4) is 0 Å². The summed E-state index contributed by atoms with van der Waals surface area (Å²) in [4.78, 5) is 4.65. The summed E-state index contributed by atoms with van der Waals surface area (Å²) in [6.45, 7) is 6.73. The number of hydrogen-bond acceptors (Lipinski definition) is 4. The maximum Gasteiger partial charge on any atom is 0.191 e. The number of nitrogens with one attached hydrogen (secondary N) is 2. The minimum atomic E-state index is -0.0238. The van der Waals surface area contributed by atoms with Gasteiger partial charge < -0.3 is 24.8 Å². The average molecular weight is 513 g/mol. The molecule has 2 rings (SSSR count). The number of methoxy groups -OCH3 is 2. The summed E-state index contributed by atoms with van der Waals surface area (Å²) in [5.74, 6) is 2.33. The Kier molecular flexibility index (Phi) is 12.1. The van der Waals surface area contributed by atoms with E-state index in [9.17, 15) is 0 Å². The SMILES string of the molecule is CCNC(=NCc1ccc(COC)cc1)NCC(C)Oc1cccc(OC)c1.I. The normalized spacial score (nSPS) is 11.9. The predicted molar refractivity (Wildman–Crippen MR) is 128 cm³/mol. The molecule has 7 heteroatoms. The quantitative estimate of drug-likeness (QED) is 0.286. The number of aliphatic imine (C=N–C) groups is 1. The smallest absolute Gasteiger partial charge is 0.191 e. The van der Waals surface area contributed by atoms with E-state index in [2.05, 4.69) is 39.9 Å². The van der Waals surface area contributed by atoms with Crippen molar-refractivity contribution in [1.82, 2.24) is 10.6 Å². The van der Waals surface area contributed by atoms with Crippen LogP contribution in [0.25, 0.3) is 0 Å². The summed E-state index contributed by atoms with van der Waals surface area (Å²) < 4.78 is 16.3. The molecular weight excluding hydrogens is 481 g/mol. The van der Waals surface area contributed by atoms with Crippen LogP contribution in [0.5, 0.6) is 11.5 Å². The lowest BCUT2D eigenvalue weighted by molar-refractivity contribution is 0.185. The number of nitrogens with zero attached hydrogens (tertiary/aromatic N) is 1. The number of halogens is 1. The zero-order valence-electron chi connectivity index (χ0n) is 17.6. The molecule has 29 heavy (non-hydrogen) atoms. The highest BCUT2D eigenvalue weighted by Gasteiger charge is 2.07. The fourth-order valence-electron chi connectivity index (χ4n) is 2.61. The molecule has 1 unspecified atom stereocenters. The highest BCUT2D eigenvalue weighted by molar-refractivity contribution is 14.0. The van der Waals surface area contributed by atoms with E-state index in [4.69, 9.17) is 14.2 Å². The second-order valence-corrected chi connectivity index (χ2v) is 6.43. The molecule has 0 aliphatic heterocycles. The summed E-state index contributed by atoms with van der Waals surface area (Å²) in [5.41, 5.74) is 2.31. The van der Waals surface area contributed by atoms with E-state index in [1.807, 2.05) is 38.1 Å². The molecule has 0 aliphatic carbocycles. The van der Waals surface area contributed by atoms with E-state index in [-0.39, 0.29) is 30.1 Å². The summed E-state index contributed by atoms with van der Waals surface area (Å²) in [5, 5.41) is 6.60. The molecule has 0 radical (unpaired) electrons. The topological polar surface area (TPSA) is 64.1 Å². The molecule has 0 amide bonds. The van der Waals surface area contributed by atoms with Crippen molar-refractivity contribution in [2.45, 2.75) is 33.1 Å². The maximum atomic E-state index is 5.95. The molecular formula is C22H32IN3O3. The molecule has 0 bridgehead atoms. The predicted octanol–water partition coefficient (Wildman–Crippen LogP) is 3.98. The van der Waals surface area contributed by atoms with Crippen LogP contribution in [-0.4, -0.2) is 39.4 Å². The Morgan fingerprint density at radius 2 is 1.69 bits per heavy atom. The Hall–Kier alpha value is -2.00. The first-order valence-corrected chi connectivity index (χ1v) is 9.54. The highest BCUT2D eigenvalue weighted by atomic mass is 127. The zero-order chi connectivity index (χ0) is 20.2. The Balaban J connectivity index is 0.00000420. The van der Waals surface area contributed by atoms with E-state index in [1.54, 1.807) is 14.2 Å². The standard InChI is InChI=1S/C22H31N3O3.HI/c1-5-23-22(25-15-18-9-11-19(12-10-18)16-26-3)24-14-17(2)28-21-8-6-7-20(13-21)27-4;/h6-13,17H,5,14-16H2,1-4H3,(H2,23,24,25);1H. The summed E-state index contributed by atoms with van der Waals surface area (Å²) in [6.07, 6.45) is -0.0238. The minimum Gasteiger partial charge on any atom is -0.497 e. The number of benzene rings is 2. The molecule has 0 aliphatic rings. The summed E-state index contributed by atoms with van der Waals surface area (Å²) in [7, 11) is 3.35. The maximum absolute atomic E-state index is 5.95. The van der Waals surface area contributed by atoms with Crippen LogP contribution in [0.1, 0.15) is 25.0 Å². The molecule has 2 aromatic carbocycles. The van der Waals surface area contributed by atoms with Gasteiger partial charge in [0.2, 0.25) is 0 Å². The fourth-order valence-corrected chi connectivity index (χ4v) is 2.61. The monoisotopic (exact) mass is 513 g/mol. The van der Waals surface area contributed by atoms with E-state index in [0.717, 1.165) is 35.1 Å². The van der Waals surface area contributed by atoms with Gasteiger partial charge in [-0.1, -0.05) is 30.3 Å². The molecule has 0 spiro atoms. The molecule has 0 saturated carbocycles. The van der Waals surface area contributed by atoms with Gasteiger partial charge in [-0.05, 0) is 37.1 Å². The van der Waals surface area contributed by atoms with Crippen LogP contribution in [0.2, 0.25) is 0 Å². The number of hydrogen-bond donors (Lipinski definition) is 2. The van der Waals surface area contributed by atoms with Crippen molar-refractivity contribution in [2.75, 3.05) is 27.3 Å². The minimum absolute atomic E-state index is 0. The van der Waals surface area contributed by atoms with Crippen molar-refractivity contribution in [3.05, 3.63) is 59.7 Å². The number of rotatable bonds is 10. The first-order valence-electron chi connectivity index (χ1n) is 9.54. The van der Waals surface area contributed by atoms with E-state index in [0.29, 0.717) is 19.7 Å². The molecule has 160 valence electrons. The molecule has 0 heterocycles. The Labute approximate surface area is 191 Å². The van der Waals surface area contributed by atoms with Gasteiger partial charge in [0, 0.05) is 19.7 Å². The van der Waals surface area contributed by atoms with Crippen molar-refractivity contribution in [1.29, 1.82) is 0 Å². The van der Waals surface area contributed by atoms with Gasteiger partial charge in [-0.3, -0.25) is 0 Å². The first-order chi connectivity index (χ1) is 13.6. The zero-order valence-corrected chi connectivity index (χ0v) is 19.9. The molecule has 0 saturated heterocycles. The van der Waals surface area contributed by atoms with Crippen LogP contribution in [-0.2, 0) is 17.9 Å². The van der Waals surface area contributed by atoms with Crippen LogP contribution in [0, 0.1) is 0 Å². The van der Waals surface area contributed by atoms with Gasteiger partial charge in [0.1, 0.15) is 17.6 Å². The lowest BCUT2D eigenvalue weighted by Gasteiger charge is -2.18. The number of ether oxygens (including phenoxy) is 3. The Morgan fingerprint density at radius 3 is 2.34 bits per heavy atom. The van der Waals surface area contributed by atoms with E-state index >= 15 is 0 Å². The lowest BCUT2D eigenvalue weighted by Crippen LogP contribution is -2.41. The fraction of sp³-hybridized carbons (Fsp3) is 0.409. The van der Waals surface area contributed by atoms with Crippen molar-refractivity contribution in [3.8, 4) is 11.5 Å². The largest absolute Gasteiger partial charge is 0.497 e. The van der Waals surface area contributed by atoms with Gasteiger partial charge in [0.25, 0.3) is 0 Å². The van der Waals surface area contributed by atoms with Crippen LogP contribution >= 0.6 is 24.0 Å². The third kappa shape index (κ3) is 9.36. The van der Waals surface area contributed by atoms with Gasteiger partial charge >= 0.3 is 0 Å². The molecule has 1 atom stereocenters. The first kappa shape index (κ1) is 25.0. The Bertz CT molecular complexity index is 738. The average Bonchev–Trinajstić information content (AvgIpc) is 2.71. The van der Waals surface area contributed by atoms with Crippen LogP contribution < -0.4 is 20.1 Å². The van der Waals surface area contributed by atoms with Gasteiger partial charge in [-0.2, -0.15) is 0 Å². The van der Waals surface area contributed by atoms with Gasteiger partial charge in [-0.15, -0.1) is 24.0 Å². The summed E-state index contributed by atoms with van der Waals surface area (Å²) >= 11 is 0. The third-order valence-corrected chi connectivity index (χ3v) is 4.03. The molecule has 0 aromatic heterocycles. The van der Waals surface area contributed by atoms with Crippen molar-refractivity contribution >= 4 is 29.9 Å². The molecule has 2 N–H and O–H groups in total. The lowest BCUT2D eigenvalue weighted by atomic mass is 10.1. The third-order valence-electron chi connectivity index (χ3n) is 4.03. The van der Waals surface area contributed by atoms with Crippen molar-refractivity contribution < 1.29 is 14.2 Å². The van der Waals surface area contributed by atoms with Gasteiger partial charge in [0.05, 0.1) is 26.8 Å². The van der Waals surface area contributed by atoms with Crippen molar-refractivity contribution in [3.63, 3.8) is 0 Å². The van der Waals surface area contributed by atoms with E-state index < -0.39 is 0 Å². The van der Waals surface area contributed by atoms with Gasteiger partial charge in [-0.25, -0.2) is 4.99 Å². The highest BCUT2D eigenvalue weighted by Crippen LogP contribution is 2.19.